The fourth-order valence-electron chi connectivity index (χ4n) is 1.74. The van der Waals surface area contributed by atoms with Gasteiger partial charge in [-0.2, -0.15) is 0 Å². The van der Waals surface area contributed by atoms with Gasteiger partial charge in [-0.25, -0.2) is 9.18 Å². The van der Waals surface area contributed by atoms with Gasteiger partial charge in [0.05, 0.1) is 0 Å². The van der Waals surface area contributed by atoms with Gasteiger partial charge in [0.15, 0.2) is 6.79 Å². The average Bonchev–Trinajstić information content (AvgIpc) is 2.37. The monoisotopic (exact) mass is 250 g/mol. The van der Waals surface area contributed by atoms with E-state index >= 15 is 0 Å². The van der Waals surface area contributed by atoms with Crippen LogP contribution in [0.1, 0.15) is 10.4 Å². The number of hydrogen-bond acceptors (Lipinski definition) is 3. The molecule has 1 N–H and O–H groups in total. The van der Waals surface area contributed by atoms with E-state index in [1.807, 2.05) is 0 Å². The molecule has 0 aliphatic heterocycles. The van der Waals surface area contributed by atoms with E-state index in [-0.39, 0.29) is 18.1 Å². The van der Waals surface area contributed by atoms with Gasteiger partial charge >= 0.3 is 5.97 Å². The summed E-state index contributed by atoms with van der Waals surface area (Å²) in [5.74, 6) is -1.72. The van der Waals surface area contributed by atoms with Gasteiger partial charge < -0.3 is 14.6 Å². The van der Waals surface area contributed by atoms with E-state index in [1.165, 1.54) is 7.11 Å². The second-order valence-electron chi connectivity index (χ2n) is 3.64. The lowest BCUT2D eigenvalue weighted by Crippen LogP contribution is -2.07. The molecule has 4 nitrogen and oxygen atoms in total. The van der Waals surface area contributed by atoms with Crippen LogP contribution >= 0.6 is 0 Å². The van der Waals surface area contributed by atoms with Crippen LogP contribution in [0.15, 0.2) is 30.3 Å². The number of fused-ring (bicyclic) bond motifs is 1. The van der Waals surface area contributed by atoms with Crippen LogP contribution in [0, 0.1) is 5.82 Å². The van der Waals surface area contributed by atoms with E-state index in [1.54, 1.807) is 24.3 Å². The third kappa shape index (κ3) is 2.12. The molecular weight excluding hydrogens is 239 g/mol. The lowest BCUT2D eigenvalue weighted by molar-refractivity contribution is 0.0493. The van der Waals surface area contributed by atoms with Crippen molar-refractivity contribution in [3.63, 3.8) is 0 Å². The van der Waals surface area contributed by atoms with Crippen molar-refractivity contribution >= 4 is 16.7 Å². The molecule has 0 saturated carbocycles. The quantitative estimate of drug-likeness (QED) is 0.847. The Bertz CT molecular complexity index is 595. The van der Waals surface area contributed by atoms with Crippen molar-refractivity contribution in [1.29, 1.82) is 0 Å². The Morgan fingerprint density at radius 2 is 2.00 bits per heavy atom. The minimum atomic E-state index is -1.24. The van der Waals surface area contributed by atoms with Crippen molar-refractivity contribution in [2.24, 2.45) is 0 Å². The van der Waals surface area contributed by atoms with Crippen molar-refractivity contribution in [3.8, 4) is 5.75 Å². The van der Waals surface area contributed by atoms with Crippen LogP contribution in [0.4, 0.5) is 4.39 Å². The van der Waals surface area contributed by atoms with Crippen molar-refractivity contribution < 1.29 is 23.8 Å². The molecule has 0 unspecified atom stereocenters. The summed E-state index contributed by atoms with van der Waals surface area (Å²) in [4.78, 5) is 11.1. The van der Waals surface area contributed by atoms with Crippen molar-refractivity contribution in [2.45, 2.75) is 0 Å². The maximum atomic E-state index is 13.8. The lowest BCUT2D eigenvalue weighted by atomic mass is 10.0. The Morgan fingerprint density at radius 1 is 1.33 bits per heavy atom. The van der Waals surface area contributed by atoms with Gasteiger partial charge in [0.1, 0.15) is 17.1 Å². The molecule has 0 amide bonds. The Kier molecular flexibility index (Phi) is 3.43. The van der Waals surface area contributed by atoms with E-state index in [0.717, 1.165) is 6.07 Å². The van der Waals surface area contributed by atoms with Crippen LogP contribution in [-0.4, -0.2) is 25.0 Å². The van der Waals surface area contributed by atoms with Gasteiger partial charge in [-0.05, 0) is 6.07 Å². The summed E-state index contributed by atoms with van der Waals surface area (Å²) in [6.45, 7) is -0.101. The number of carboxylic acid groups (broad SMARTS) is 1. The molecule has 2 aromatic rings. The standard InChI is InChI=1S/C13H11FO4/c1-17-7-18-12-9-5-3-2-4-8(9)11(14)6-10(12)13(15)16/h2-6H,7H2,1H3,(H,15,16). The SMILES string of the molecule is COCOc1c(C(=O)O)cc(F)c2ccccc12. The highest BCUT2D eigenvalue weighted by Gasteiger charge is 2.18. The topological polar surface area (TPSA) is 55.8 Å². The Morgan fingerprint density at radius 3 is 2.61 bits per heavy atom. The van der Waals surface area contributed by atoms with Gasteiger partial charge in [-0.1, -0.05) is 24.3 Å². The minimum Gasteiger partial charge on any atom is -0.478 e. The third-order valence-corrected chi connectivity index (χ3v) is 2.50. The van der Waals surface area contributed by atoms with Crippen LogP contribution in [0.3, 0.4) is 0 Å². The molecule has 0 saturated heterocycles. The smallest absolute Gasteiger partial charge is 0.339 e. The lowest BCUT2D eigenvalue weighted by Gasteiger charge is -2.12. The summed E-state index contributed by atoms with van der Waals surface area (Å²) in [7, 11) is 1.42. The van der Waals surface area contributed by atoms with Crippen molar-refractivity contribution in [2.75, 3.05) is 13.9 Å². The number of halogens is 1. The first-order chi connectivity index (χ1) is 8.65. The number of carboxylic acids is 1. The molecule has 0 spiro atoms. The van der Waals surface area contributed by atoms with Gasteiger partial charge in [0, 0.05) is 17.9 Å². The highest BCUT2D eigenvalue weighted by Crippen LogP contribution is 2.32. The van der Waals surface area contributed by atoms with Gasteiger partial charge in [-0.3, -0.25) is 0 Å². The number of methoxy groups -OCH3 is 1. The second-order valence-corrected chi connectivity index (χ2v) is 3.64. The predicted molar refractivity (Wildman–Crippen MR) is 63.4 cm³/mol. The van der Waals surface area contributed by atoms with Crippen LogP contribution < -0.4 is 4.74 Å². The fourth-order valence-corrected chi connectivity index (χ4v) is 1.74. The summed E-state index contributed by atoms with van der Waals surface area (Å²) >= 11 is 0. The Hall–Kier alpha value is -2.14. The summed E-state index contributed by atoms with van der Waals surface area (Å²) in [6.07, 6.45) is 0. The second kappa shape index (κ2) is 5.01. The first-order valence-electron chi connectivity index (χ1n) is 5.21. The number of carbonyl (C=O) groups is 1. The number of ether oxygens (including phenoxy) is 2. The molecular formula is C13H11FO4. The molecule has 2 aromatic carbocycles. The molecule has 5 heteroatoms. The van der Waals surface area contributed by atoms with E-state index in [2.05, 4.69) is 0 Å². The molecule has 0 aliphatic carbocycles. The summed E-state index contributed by atoms with van der Waals surface area (Å²) < 4.78 is 23.8. The normalized spacial score (nSPS) is 10.6. The first-order valence-corrected chi connectivity index (χ1v) is 5.21. The molecule has 94 valence electrons. The molecule has 0 aromatic heterocycles. The van der Waals surface area contributed by atoms with Gasteiger partial charge in [0.2, 0.25) is 0 Å². The maximum absolute atomic E-state index is 13.8. The molecule has 0 heterocycles. The van der Waals surface area contributed by atoms with Crippen LogP contribution in [0.2, 0.25) is 0 Å². The fraction of sp³-hybridized carbons (Fsp3) is 0.154. The van der Waals surface area contributed by atoms with Gasteiger partial charge in [0.25, 0.3) is 0 Å². The number of aromatic carboxylic acids is 1. The molecule has 0 aliphatic rings. The zero-order valence-corrected chi connectivity index (χ0v) is 9.64. The molecule has 2 rings (SSSR count). The summed E-state index contributed by atoms with van der Waals surface area (Å²) in [6, 6.07) is 7.49. The summed E-state index contributed by atoms with van der Waals surface area (Å²) in [5, 5.41) is 9.78. The van der Waals surface area contributed by atoms with Crippen LogP contribution in [-0.2, 0) is 4.74 Å². The predicted octanol–water partition coefficient (Wildman–Crippen LogP) is 2.66. The number of benzene rings is 2. The van der Waals surface area contributed by atoms with Crippen molar-refractivity contribution in [1.82, 2.24) is 0 Å². The molecule has 0 fully saturated rings. The highest BCUT2D eigenvalue weighted by molar-refractivity contribution is 6.00. The maximum Gasteiger partial charge on any atom is 0.339 e. The van der Waals surface area contributed by atoms with E-state index in [9.17, 15) is 9.18 Å². The number of hydrogen-bond donors (Lipinski definition) is 1. The largest absolute Gasteiger partial charge is 0.478 e. The Balaban J connectivity index is 2.71. The zero-order chi connectivity index (χ0) is 13.1. The van der Waals surface area contributed by atoms with E-state index in [0.29, 0.717) is 10.8 Å². The molecule has 0 bridgehead atoms. The summed E-state index contributed by atoms with van der Waals surface area (Å²) in [5.41, 5.74) is -0.219. The van der Waals surface area contributed by atoms with Gasteiger partial charge in [-0.15, -0.1) is 0 Å². The van der Waals surface area contributed by atoms with E-state index < -0.39 is 11.8 Å². The van der Waals surface area contributed by atoms with Crippen LogP contribution in [0.25, 0.3) is 10.8 Å². The number of rotatable bonds is 4. The van der Waals surface area contributed by atoms with Crippen molar-refractivity contribution in [3.05, 3.63) is 41.7 Å². The zero-order valence-electron chi connectivity index (χ0n) is 9.64. The third-order valence-electron chi connectivity index (χ3n) is 2.50. The minimum absolute atomic E-state index is 0.101. The first kappa shape index (κ1) is 12.3. The molecule has 18 heavy (non-hydrogen) atoms. The van der Waals surface area contributed by atoms with Crippen LogP contribution in [0.5, 0.6) is 5.75 Å². The highest BCUT2D eigenvalue weighted by atomic mass is 19.1. The van der Waals surface area contributed by atoms with E-state index in [4.69, 9.17) is 14.6 Å². The Labute approximate surface area is 103 Å². The average molecular weight is 250 g/mol. The molecule has 0 atom stereocenters. The molecule has 0 radical (unpaired) electrons.